The molecule has 0 unspecified atom stereocenters. The van der Waals surface area contributed by atoms with Gasteiger partial charge in [-0.15, -0.1) is 0 Å². The third-order valence-corrected chi connectivity index (χ3v) is 6.69. The van der Waals surface area contributed by atoms with Crippen molar-refractivity contribution in [1.82, 2.24) is 4.98 Å². The zero-order chi connectivity index (χ0) is 22.1. The van der Waals surface area contributed by atoms with Crippen LogP contribution in [0.2, 0.25) is 0 Å². The van der Waals surface area contributed by atoms with E-state index in [1.165, 1.54) is 23.8 Å². The first-order chi connectivity index (χ1) is 15.6. The molecule has 1 saturated carbocycles. The van der Waals surface area contributed by atoms with Crippen LogP contribution in [0.3, 0.4) is 0 Å². The van der Waals surface area contributed by atoms with E-state index < -0.39 is 11.5 Å². The van der Waals surface area contributed by atoms with Gasteiger partial charge in [0.05, 0.1) is 10.2 Å². The van der Waals surface area contributed by atoms with Crippen molar-refractivity contribution < 1.29 is 14.0 Å². The summed E-state index contributed by atoms with van der Waals surface area (Å²) in [7, 11) is 0. The van der Waals surface area contributed by atoms with E-state index in [4.69, 9.17) is 4.42 Å². The van der Waals surface area contributed by atoms with E-state index >= 15 is 0 Å². The second-order valence-corrected chi connectivity index (χ2v) is 9.00. The van der Waals surface area contributed by atoms with Crippen LogP contribution in [0.15, 0.2) is 57.7 Å². The molecule has 32 heavy (non-hydrogen) atoms. The number of fused-ring (bicyclic) bond motifs is 2. The second kappa shape index (κ2) is 8.55. The Kier molecular flexibility index (Phi) is 5.45. The normalized spacial score (nSPS) is 14.5. The van der Waals surface area contributed by atoms with Crippen molar-refractivity contribution in [3.63, 3.8) is 0 Å². The third kappa shape index (κ3) is 4.13. The number of hydrogen-bond acceptors (Lipinski definition) is 6. The SMILES string of the molecule is O=C(Nc1ccc2sc(NC(=O)C3CCCCC3)nc2c1)c1cc2ccccc2oc1=O. The molecule has 4 aromatic rings. The minimum Gasteiger partial charge on any atom is -0.422 e. The van der Waals surface area contributed by atoms with Gasteiger partial charge in [-0.25, -0.2) is 9.78 Å². The third-order valence-electron chi connectivity index (χ3n) is 5.74. The van der Waals surface area contributed by atoms with Crippen LogP contribution < -0.4 is 16.3 Å². The molecule has 7 nitrogen and oxygen atoms in total. The highest BCUT2D eigenvalue weighted by atomic mass is 32.1. The van der Waals surface area contributed by atoms with Crippen LogP contribution >= 0.6 is 11.3 Å². The molecule has 1 fully saturated rings. The Morgan fingerprint density at radius 2 is 1.81 bits per heavy atom. The van der Waals surface area contributed by atoms with E-state index in [0.29, 0.717) is 27.3 Å². The van der Waals surface area contributed by atoms with E-state index in [1.54, 1.807) is 30.3 Å². The fourth-order valence-corrected chi connectivity index (χ4v) is 4.90. The molecule has 0 saturated heterocycles. The highest BCUT2D eigenvalue weighted by Gasteiger charge is 2.22. The van der Waals surface area contributed by atoms with Crippen molar-refractivity contribution >= 4 is 55.2 Å². The van der Waals surface area contributed by atoms with Gasteiger partial charge >= 0.3 is 5.63 Å². The van der Waals surface area contributed by atoms with Crippen molar-refractivity contribution in [1.29, 1.82) is 0 Å². The van der Waals surface area contributed by atoms with Gasteiger partial charge in [0.25, 0.3) is 5.91 Å². The molecular formula is C24H21N3O4S. The standard InChI is InChI=1S/C24H21N3O4S/c28-21(14-6-2-1-3-7-14)27-24-26-18-13-16(10-11-20(18)32-24)25-22(29)17-12-15-8-4-5-9-19(15)31-23(17)30/h4-5,8-14H,1-3,6-7H2,(H,25,29)(H,26,27,28). The minimum atomic E-state index is -0.691. The number of para-hydroxylation sites is 1. The molecule has 2 heterocycles. The molecule has 0 bridgehead atoms. The van der Waals surface area contributed by atoms with Crippen LogP contribution in [0.4, 0.5) is 10.8 Å². The van der Waals surface area contributed by atoms with E-state index in [1.807, 2.05) is 12.1 Å². The summed E-state index contributed by atoms with van der Waals surface area (Å²) >= 11 is 1.40. The fourth-order valence-electron chi connectivity index (χ4n) is 4.05. The van der Waals surface area contributed by atoms with Gasteiger partial charge in [0.15, 0.2) is 5.13 Å². The predicted octanol–water partition coefficient (Wildman–Crippen LogP) is 5.17. The number of benzene rings is 2. The lowest BCUT2D eigenvalue weighted by Crippen LogP contribution is -2.24. The zero-order valence-corrected chi connectivity index (χ0v) is 18.0. The van der Waals surface area contributed by atoms with Crippen molar-refractivity contribution in [2.45, 2.75) is 32.1 Å². The maximum atomic E-state index is 12.7. The number of anilines is 2. The molecule has 8 heteroatoms. The quantitative estimate of drug-likeness (QED) is 0.420. The molecule has 5 rings (SSSR count). The largest absolute Gasteiger partial charge is 0.422 e. The summed E-state index contributed by atoms with van der Waals surface area (Å²) in [4.78, 5) is 41.9. The first-order valence-electron chi connectivity index (χ1n) is 10.6. The van der Waals surface area contributed by atoms with Crippen molar-refractivity contribution in [3.05, 3.63) is 64.5 Å². The molecule has 0 spiro atoms. The van der Waals surface area contributed by atoms with Gasteiger partial charge in [-0.3, -0.25) is 9.59 Å². The molecule has 0 atom stereocenters. The van der Waals surface area contributed by atoms with E-state index in [2.05, 4.69) is 15.6 Å². The Morgan fingerprint density at radius 3 is 2.66 bits per heavy atom. The summed E-state index contributed by atoms with van der Waals surface area (Å²) in [5, 5.41) is 6.90. The zero-order valence-electron chi connectivity index (χ0n) is 17.2. The van der Waals surface area contributed by atoms with Crippen LogP contribution in [0, 0.1) is 5.92 Å². The maximum Gasteiger partial charge on any atom is 0.349 e. The summed E-state index contributed by atoms with van der Waals surface area (Å²) in [5.41, 5.74) is 0.842. The molecule has 0 aliphatic heterocycles. The highest BCUT2D eigenvalue weighted by Crippen LogP contribution is 2.30. The average Bonchev–Trinajstić information content (AvgIpc) is 3.20. The summed E-state index contributed by atoms with van der Waals surface area (Å²) in [5.74, 6) is -0.468. The van der Waals surface area contributed by atoms with Crippen molar-refractivity contribution in [2.24, 2.45) is 5.92 Å². The van der Waals surface area contributed by atoms with Gasteiger partial charge in [0.1, 0.15) is 11.1 Å². The molecule has 2 aromatic heterocycles. The fraction of sp³-hybridized carbons (Fsp3) is 0.250. The Balaban J connectivity index is 1.34. The average molecular weight is 448 g/mol. The minimum absolute atomic E-state index is 0.0281. The number of amides is 2. The number of thiazole rings is 1. The first kappa shape index (κ1) is 20.4. The van der Waals surface area contributed by atoms with Gasteiger partial charge in [-0.1, -0.05) is 48.8 Å². The topological polar surface area (TPSA) is 101 Å². The van der Waals surface area contributed by atoms with Gasteiger partial charge in [-0.05, 0) is 43.2 Å². The first-order valence-corrected chi connectivity index (χ1v) is 11.4. The molecular weight excluding hydrogens is 426 g/mol. The van der Waals surface area contributed by atoms with Gasteiger partial charge in [0, 0.05) is 17.0 Å². The Labute approximate surface area is 187 Å². The Morgan fingerprint density at radius 1 is 1.00 bits per heavy atom. The van der Waals surface area contributed by atoms with E-state index in [0.717, 1.165) is 30.4 Å². The summed E-state index contributed by atoms with van der Waals surface area (Å²) in [6.07, 6.45) is 5.24. The number of carbonyl (C=O) groups is 2. The van der Waals surface area contributed by atoms with Crippen LogP contribution in [-0.2, 0) is 4.79 Å². The number of rotatable bonds is 4. The lowest BCUT2D eigenvalue weighted by molar-refractivity contribution is -0.120. The molecule has 162 valence electrons. The second-order valence-electron chi connectivity index (χ2n) is 7.97. The number of nitrogens with zero attached hydrogens (tertiary/aromatic N) is 1. The number of hydrogen-bond donors (Lipinski definition) is 2. The summed E-state index contributed by atoms with van der Waals surface area (Å²) < 4.78 is 6.14. The van der Waals surface area contributed by atoms with Gasteiger partial charge in [0.2, 0.25) is 5.91 Å². The number of nitrogens with one attached hydrogen (secondary N) is 2. The maximum absolute atomic E-state index is 12.7. The number of carbonyl (C=O) groups excluding carboxylic acids is 2. The lowest BCUT2D eigenvalue weighted by Gasteiger charge is -2.19. The monoisotopic (exact) mass is 447 g/mol. The van der Waals surface area contributed by atoms with Crippen LogP contribution in [0.1, 0.15) is 42.5 Å². The molecule has 2 N–H and O–H groups in total. The smallest absolute Gasteiger partial charge is 0.349 e. The molecule has 0 radical (unpaired) electrons. The van der Waals surface area contributed by atoms with Crippen molar-refractivity contribution in [2.75, 3.05) is 10.6 Å². The van der Waals surface area contributed by atoms with Gasteiger partial charge < -0.3 is 15.1 Å². The van der Waals surface area contributed by atoms with Gasteiger partial charge in [-0.2, -0.15) is 0 Å². The molecule has 2 aromatic carbocycles. The lowest BCUT2D eigenvalue weighted by atomic mass is 9.89. The van der Waals surface area contributed by atoms with Crippen LogP contribution in [0.25, 0.3) is 21.2 Å². The van der Waals surface area contributed by atoms with E-state index in [9.17, 15) is 14.4 Å². The Hall–Kier alpha value is -3.52. The van der Waals surface area contributed by atoms with Crippen molar-refractivity contribution in [3.8, 4) is 0 Å². The predicted molar refractivity (Wildman–Crippen MR) is 125 cm³/mol. The van der Waals surface area contributed by atoms with Crippen LogP contribution in [0.5, 0.6) is 0 Å². The molecule has 2 amide bonds. The summed E-state index contributed by atoms with van der Waals surface area (Å²) in [6.45, 7) is 0. The van der Waals surface area contributed by atoms with Crippen LogP contribution in [-0.4, -0.2) is 16.8 Å². The molecule has 1 aliphatic rings. The highest BCUT2D eigenvalue weighted by molar-refractivity contribution is 7.22. The van der Waals surface area contributed by atoms with E-state index in [-0.39, 0.29) is 17.4 Å². The molecule has 1 aliphatic carbocycles. The Bertz CT molecular complexity index is 1390. The number of aromatic nitrogens is 1. The summed E-state index contributed by atoms with van der Waals surface area (Å²) in [6, 6.07) is 13.9.